The predicted molar refractivity (Wildman–Crippen MR) is 73.6 cm³/mol. The smallest absolute Gasteiger partial charge is 0.228 e. The minimum absolute atomic E-state index is 0.0584. The highest BCUT2D eigenvalue weighted by Crippen LogP contribution is 2.24. The van der Waals surface area contributed by atoms with Gasteiger partial charge in [0, 0.05) is 17.9 Å². The molecule has 1 N–H and O–H groups in total. The fourth-order valence-electron chi connectivity index (χ4n) is 1.75. The Morgan fingerprint density at radius 2 is 1.78 bits per heavy atom. The molecule has 0 bridgehead atoms. The second-order valence-electron chi connectivity index (χ2n) is 6.94. The molecule has 4 heteroatoms. The number of hydrogen-bond donors (Lipinski definition) is 1. The van der Waals surface area contributed by atoms with Gasteiger partial charge in [0.05, 0.1) is 0 Å². The molecule has 1 atom stereocenters. The standard InChI is InChI=1S/C14H27N3O/c1-8-15-10(13(2,3)4)9-11-16-12(17-18-11)14(5,6)7/h10,15H,8-9H2,1-7H3. The summed E-state index contributed by atoms with van der Waals surface area (Å²) in [7, 11) is 0. The van der Waals surface area contributed by atoms with E-state index in [0.29, 0.717) is 6.04 Å². The molecule has 1 aromatic rings. The number of nitrogens with zero attached hydrogens (tertiary/aromatic N) is 2. The topological polar surface area (TPSA) is 51.0 Å². The van der Waals surface area contributed by atoms with Crippen LogP contribution in [0.5, 0.6) is 0 Å². The average molecular weight is 253 g/mol. The molecule has 18 heavy (non-hydrogen) atoms. The number of nitrogens with one attached hydrogen (secondary N) is 1. The Kier molecular flexibility index (Phi) is 4.54. The van der Waals surface area contributed by atoms with Crippen LogP contribution in [0.4, 0.5) is 0 Å². The fraction of sp³-hybridized carbons (Fsp3) is 0.857. The van der Waals surface area contributed by atoms with Crippen molar-refractivity contribution in [2.75, 3.05) is 6.54 Å². The van der Waals surface area contributed by atoms with Crippen molar-refractivity contribution in [2.24, 2.45) is 5.41 Å². The molecule has 0 saturated heterocycles. The summed E-state index contributed by atoms with van der Waals surface area (Å²) in [6.45, 7) is 16.0. The first kappa shape index (κ1) is 15.2. The van der Waals surface area contributed by atoms with Gasteiger partial charge in [-0.15, -0.1) is 0 Å². The fourth-order valence-corrected chi connectivity index (χ4v) is 1.75. The van der Waals surface area contributed by atoms with Crippen LogP contribution >= 0.6 is 0 Å². The zero-order valence-corrected chi connectivity index (χ0v) is 12.8. The first-order chi connectivity index (χ1) is 8.14. The van der Waals surface area contributed by atoms with Crippen LogP contribution in [0.25, 0.3) is 0 Å². The van der Waals surface area contributed by atoms with E-state index in [1.54, 1.807) is 0 Å². The summed E-state index contributed by atoms with van der Waals surface area (Å²) in [6.07, 6.45) is 0.778. The van der Waals surface area contributed by atoms with Crippen molar-refractivity contribution >= 4 is 0 Å². The molecule has 4 nitrogen and oxygen atoms in total. The lowest BCUT2D eigenvalue weighted by Crippen LogP contribution is -2.42. The van der Waals surface area contributed by atoms with Crippen LogP contribution in [0.2, 0.25) is 0 Å². The van der Waals surface area contributed by atoms with E-state index in [1.807, 2.05) is 0 Å². The normalized spacial score (nSPS) is 14.8. The minimum atomic E-state index is -0.0584. The van der Waals surface area contributed by atoms with Crippen molar-refractivity contribution in [2.45, 2.75) is 66.3 Å². The third-order valence-corrected chi connectivity index (χ3v) is 3.01. The summed E-state index contributed by atoms with van der Waals surface area (Å²) >= 11 is 0. The molecule has 0 aliphatic heterocycles. The Balaban J connectivity index is 2.79. The second kappa shape index (κ2) is 5.39. The SMILES string of the molecule is CCNC(Cc1nc(C(C)(C)C)no1)C(C)(C)C. The highest BCUT2D eigenvalue weighted by Gasteiger charge is 2.27. The molecule has 0 aromatic carbocycles. The van der Waals surface area contributed by atoms with Crippen LogP contribution in [0.3, 0.4) is 0 Å². The Morgan fingerprint density at radius 3 is 2.17 bits per heavy atom. The van der Waals surface area contributed by atoms with Gasteiger partial charge in [-0.05, 0) is 12.0 Å². The number of hydrogen-bond acceptors (Lipinski definition) is 4. The van der Waals surface area contributed by atoms with Crippen LogP contribution in [-0.2, 0) is 11.8 Å². The van der Waals surface area contributed by atoms with Crippen molar-refractivity contribution in [1.29, 1.82) is 0 Å². The summed E-state index contributed by atoms with van der Waals surface area (Å²) in [5.74, 6) is 1.50. The quantitative estimate of drug-likeness (QED) is 0.896. The molecular weight excluding hydrogens is 226 g/mol. The summed E-state index contributed by atoms with van der Waals surface area (Å²) in [6, 6.07) is 0.343. The van der Waals surface area contributed by atoms with E-state index in [4.69, 9.17) is 4.52 Å². The summed E-state index contributed by atoms with van der Waals surface area (Å²) in [4.78, 5) is 4.50. The maximum atomic E-state index is 5.36. The Hall–Kier alpha value is -0.900. The average Bonchev–Trinajstić information content (AvgIpc) is 2.63. The van der Waals surface area contributed by atoms with Gasteiger partial charge in [0.2, 0.25) is 5.89 Å². The van der Waals surface area contributed by atoms with Crippen molar-refractivity contribution in [3.63, 3.8) is 0 Å². The van der Waals surface area contributed by atoms with Crippen LogP contribution in [-0.4, -0.2) is 22.7 Å². The third-order valence-electron chi connectivity index (χ3n) is 3.01. The monoisotopic (exact) mass is 253 g/mol. The van der Waals surface area contributed by atoms with Gasteiger partial charge in [0.25, 0.3) is 0 Å². The van der Waals surface area contributed by atoms with Crippen molar-refractivity contribution < 1.29 is 4.52 Å². The lowest BCUT2D eigenvalue weighted by Gasteiger charge is -2.30. The molecule has 0 saturated carbocycles. The van der Waals surface area contributed by atoms with Gasteiger partial charge in [-0.2, -0.15) is 4.98 Å². The predicted octanol–water partition coefficient (Wildman–Crippen LogP) is 2.93. The second-order valence-corrected chi connectivity index (χ2v) is 6.94. The van der Waals surface area contributed by atoms with Gasteiger partial charge in [-0.25, -0.2) is 0 Å². The van der Waals surface area contributed by atoms with E-state index in [0.717, 1.165) is 24.7 Å². The van der Waals surface area contributed by atoms with E-state index in [-0.39, 0.29) is 10.8 Å². The lowest BCUT2D eigenvalue weighted by molar-refractivity contribution is 0.247. The largest absolute Gasteiger partial charge is 0.339 e. The zero-order valence-electron chi connectivity index (χ0n) is 12.8. The first-order valence-corrected chi connectivity index (χ1v) is 6.71. The lowest BCUT2D eigenvalue weighted by atomic mass is 9.84. The van der Waals surface area contributed by atoms with Crippen molar-refractivity contribution in [3.8, 4) is 0 Å². The Labute approximate surface area is 111 Å². The van der Waals surface area contributed by atoms with Crippen molar-refractivity contribution in [3.05, 3.63) is 11.7 Å². The van der Waals surface area contributed by atoms with Gasteiger partial charge in [-0.3, -0.25) is 0 Å². The number of aromatic nitrogens is 2. The first-order valence-electron chi connectivity index (χ1n) is 6.71. The van der Waals surface area contributed by atoms with Crippen LogP contribution in [0.1, 0.15) is 60.2 Å². The third kappa shape index (κ3) is 4.09. The van der Waals surface area contributed by atoms with Gasteiger partial charge in [0.15, 0.2) is 5.82 Å². The number of rotatable bonds is 4. The molecule has 1 heterocycles. The summed E-state index contributed by atoms with van der Waals surface area (Å²) in [5, 5.41) is 7.56. The molecule has 0 fully saturated rings. The van der Waals surface area contributed by atoms with Crippen LogP contribution in [0.15, 0.2) is 4.52 Å². The molecular formula is C14H27N3O. The van der Waals surface area contributed by atoms with Gasteiger partial charge in [-0.1, -0.05) is 53.6 Å². The molecule has 1 aromatic heterocycles. The molecule has 1 unspecified atom stereocenters. The molecule has 0 spiro atoms. The summed E-state index contributed by atoms with van der Waals surface area (Å²) in [5.41, 5.74) is 0.115. The molecule has 0 radical (unpaired) electrons. The number of likely N-dealkylation sites (N-methyl/N-ethyl adjacent to an activating group) is 1. The molecule has 104 valence electrons. The molecule has 0 amide bonds. The van der Waals surface area contributed by atoms with Crippen molar-refractivity contribution in [1.82, 2.24) is 15.5 Å². The maximum Gasteiger partial charge on any atom is 0.228 e. The Morgan fingerprint density at radius 1 is 1.17 bits per heavy atom. The Bertz CT molecular complexity index is 371. The zero-order chi connectivity index (χ0) is 14.0. The molecule has 0 aliphatic carbocycles. The van der Waals surface area contributed by atoms with Crippen LogP contribution < -0.4 is 5.32 Å². The highest BCUT2D eigenvalue weighted by atomic mass is 16.5. The highest BCUT2D eigenvalue weighted by molar-refractivity contribution is 5.01. The van der Waals surface area contributed by atoms with E-state index in [9.17, 15) is 0 Å². The minimum Gasteiger partial charge on any atom is -0.339 e. The van der Waals surface area contributed by atoms with E-state index >= 15 is 0 Å². The summed E-state index contributed by atoms with van der Waals surface area (Å²) < 4.78 is 5.36. The van der Waals surface area contributed by atoms with E-state index in [2.05, 4.69) is 63.9 Å². The van der Waals surface area contributed by atoms with E-state index < -0.39 is 0 Å². The van der Waals surface area contributed by atoms with Crippen LogP contribution in [0, 0.1) is 5.41 Å². The maximum absolute atomic E-state index is 5.36. The van der Waals surface area contributed by atoms with Gasteiger partial charge >= 0.3 is 0 Å². The van der Waals surface area contributed by atoms with Gasteiger partial charge in [0.1, 0.15) is 0 Å². The van der Waals surface area contributed by atoms with Gasteiger partial charge < -0.3 is 9.84 Å². The molecule has 0 aliphatic rings. The molecule has 1 rings (SSSR count). The van der Waals surface area contributed by atoms with E-state index in [1.165, 1.54) is 0 Å².